The molecule has 2 aromatic heterocycles. The number of hydrogen-bond acceptors (Lipinski definition) is 5. The summed E-state index contributed by atoms with van der Waals surface area (Å²) in [5.41, 5.74) is 1.33. The molecule has 0 amide bonds. The largest absolute Gasteiger partial charge is 0.507 e. The number of phenols is 1. The molecular formula is C15H14ClN5O. The van der Waals surface area contributed by atoms with E-state index >= 15 is 0 Å². The topological polar surface area (TPSA) is 66.6 Å². The van der Waals surface area contributed by atoms with Crippen LogP contribution in [0.25, 0.3) is 17.0 Å². The Morgan fingerprint density at radius 3 is 2.73 bits per heavy atom. The second-order valence-electron chi connectivity index (χ2n) is 5.32. The Bertz CT molecular complexity index is 841. The van der Waals surface area contributed by atoms with Gasteiger partial charge in [-0.25, -0.2) is 4.98 Å². The van der Waals surface area contributed by atoms with Gasteiger partial charge in [-0.3, -0.25) is 4.40 Å². The van der Waals surface area contributed by atoms with Crippen molar-refractivity contribution < 1.29 is 5.11 Å². The summed E-state index contributed by atoms with van der Waals surface area (Å²) >= 11 is 5.89. The van der Waals surface area contributed by atoms with Crippen LogP contribution in [0, 0.1) is 0 Å². The highest BCUT2D eigenvalue weighted by Gasteiger charge is 2.20. The molecule has 0 atom stereocenters. The first-order valence-corrected chi connectivity index (χ1v) is 7.55. The lowest BCUT2D eigenvalue weighted by atomic mass is 10.2. The van der Waals surface area contributed by atoms with Gasteiger partial charge in [-0.05, 0) is 31.0 Å². The maximum atomic E-state index is 10.1. The van der Waals surface area contributed by atoms with Crippen LogP contribution in [0.5, 0.6) is 5.75 Å². The molecule has 1 aromatic carbocycles. The predicted molar refractivity (Wildman–Crippen MR) is 84.3 cm³/mol. The molecule has 1 saturated heterocycles. The lowest BCUT2D eigenvalue weighted by Crippen LogP contribution is -2.21. The molecule has 7 heteroatoms. The van der Waals surface area contributed by atoms with Crippen molar-refractivity contribution >= 4 is 23.1 Å². The summed E-state index contributed by atoms with van der Waals surface area (Å²) in [6, 6.07) is 4.95. The molecule has 6 nitrogen and oxygen atoms in total. The number of halogens is 1. The van der Waals surface area contributed by atoms with Gasteiger partial charge in [0.1, 0.15) is 5.75 Å². The Hall–Kier alpha value is -2.34. The van der Waals surface area contributed by atoms with E-state index in [4.69, 9.17) is 11.6 Å². The molecule has 1 N–H and O–H groups in total. The average Bonchev–Trinajstić information content (AvgIpc) is 3.18. The van der Waals surface area contributed by atoms with Gasteiger partial charge in [0, 0.05) is 30.5 Å². The number of aromatic nitrogens is 4. The predicted octanol–water partition coefficient (Wildman–Crippen LogP) is 2.75. The highest BCUT2D eigenvalue weighted by atomic mass is 35.5. The van der Waals surface area contributed by atoms with Crippen molar-refractivity contribution in [2.24, 2.45) is 0 Å². The summed E-state index contributed by atoms with van der Waals surface area (Å²) in [5, 5.41) is 19.3. The molecule has 0 radical (unpaired) electrons. The maximum Gasteiger partial charge on any atom is 0.195 e. The number of imidazole rings is 1. The molecule has 0 saturated carbocycles. The standard InChI is InChI=1S/C15H14ClN5O/c16-10-3-4-11(12(22)9-10)13-18-19-15(20-6-1-2-7-20)14-17-5-8-21(13)14/h3-5,8-9,22H,1-2,6-7H2. The number of anilines is 1. The van der Waals surface area contributed by atoms with Gasteiger partial charge in [0.15, 0.2) is 17.3 Å². The fourth-order valence-electron chi connectivity index (χ4n) is 2.84. The Morgan fingerprint density at radius 1 is 1.14 bits per heavy atom. The summed E-state index contributed by atoms with van der Waals surface area (Å²) in [5.74, 6) is 1.41. The SMILES string of the molecule is Oc1cc(Cl)ccc1-c1nnc(N2CCCC2)c2nccn12. The summed E-state index contributed by atoms with van der Waals surface area (Å²) in [6.45, 7) is 1.95. The Balaban J connectivity index is 1.89. The van der Waals surface area contributed by atoms with Crippen molar-refractivity contribution in [2.45, 2.75) is 12.8 Å². The van der Waals surface area contributed by atoms with Gasteiger partial charge >= 0.3 is 0 Å². The van der Waals surface area contributed by atoms with Gasteiger partial charge in [-0.15, -0.1) is 10.2 Å². The smallest absolute Gasteiger partial charge is 0.195 e. The number of rotatable bonds is 2. The van der Waals surface area contributed by atoms with Crippen LogP contribution in [0.3, 0.4) is 0 Å². The fraction of sp³-hybridized carbons (Fsp3) is 0.267. The molecule has 22 heavy (non-hydrogen) atoms. The second kappa shape index (κ2) is 5.14. The quantitative estimate of drug-likeness (QED) is 0.787. The Morgan fingerprint density at radius 2 is 1.95 bits per heavy atom. The lowest BCUT2D eigenvalue weighted by molar-refractivity contribution is 0.476. The van der Waals surface area contributed by atoms with Crippen molar-refractivity contribution in [1.29, 1.82) is 0 Å². The minimum atomic E-state index is 0.0747. The lowest BCUT2D eigenvalue weighted by Gasteiger charge is -2.17. The first kappa shape index (κ1) is 13.3. The zero-order valence-corrected chi connectivity index (χ0v) is 12.5. The van der Waals surface area contributed by atoms with Gasteiger partial charge in [0.25, 0.3) is 0 Å². The first-order valence-electron chi connectivity index (χ1n) is 7.17. The van der Waals surface area contributed by atoms with E-state index in [0.717, 1.165) is 37.4 Å². The van der Waals surface area contributed by atoms with Crippen molar-refractivity contribution in [1.82, 2.24) is 19.6 Å². The van der Waals surface area contributed by atoms with Crippen molar-refractivity contribution in [3.63, 3.8) is 0 Å². The van der Waals surface area contributed by atoms with Crippen LogP contribution in [0.15, 0.2) is 30.6 Å². The molecule has 0 bridgehead atoms. The minimum Gasteiger partial charge on any atom is -0.507 e. The van der Waals surface area contributed by atoms with Crippen LogP contribution in [-0.2, 0) is 0 Å². The van der Waals surface area contributed by atoms with Crippen LogP contribution >= 0.6 is 11.6 Å². The maximum absolute atomic E-state index is 10.1. The van der Waals surface area contributed by atoms with E-state index in [0.29, 0.717) is 16.4 Å². The second-order valence-corrected chi connectivity index (χ2v) is 5.76. The first-order chi connectivity index (χ1) is 10.7. The highest BCUT2D eigenvalue weighted by Crippen LogP contribution is 2.32. The molecule has 3 heterocycles. The summed E-state index contributed by atoms with van der Waals surface area (Å²) < 4.78 is 1.85. The van der Waals surface area contributed by atoms with Crippen molar-refractivity contribution in [3.05, 3.63) is 35.6 Å². The molecule has 112 valence electrons. The summed E-state index contributed by atoms with van der Waals surface area (Å²) in [7, 11) is 0. The third-order valence-electron chi connectivity index (χ3n) is 3.91. The summed E-state index contributed by atoms with van der Waals surface area (Å²) in [6.07, 6.45) is 5.87. The highest BCUT2D eigenvalue weighted by molar-refractivity contribution is 6.30. The average molecular weight is 316 g/mol. The normalized spacial score (nSPS) is 14.9. The van der Waals surface area contributed by atoms with Crippen molar-refractivity contribution in [3.8, 4) is 17.1 Å². The van der Waals surface area contributed by atoms with Crippen LogP contribution in [0.1, 0.15) is 12.8 Å². The zero-order valence-electron chi connectivity index (χ0n) is 11.8. The third kappa shape index (κ3) is 2.07. The number of benzene rings is 1. The molecule has 1 fully saturated rings. The number of fused-ring (bicyclic) bond motifs is 1. The Labute approximate surface area is 132 Å². The molecule has 0 unspecified atom stereocenters. The molecule has 3 aromatic rings. The number of nitrogens with zero attached hydrogens (tertiary/aromatic N) is 5. The fourth-order valence-corrected chi connectivity index (χ4v) is 3.00. The number of hydrogen-bond donors (Lipinski definition) is 1. The molecule has 4 rings (SSSR count). The molecule has 1 aliphatic rings. The van der Waals surface area contributed by atoms with Crippen molar-refractivity contribution in [2.75, 3.05) is 18.0 Å². The van der Waals surface area contributed by atoms with Crippen LogP contribution < -0.4 is 4.90 Å². The minimum absolute atomic E-state index is 0.0747. The number of aromatic hydroxyl groups is 1. The third-order valence-corrected chi connectivity index (χ3v) is 4.15. The van der Waals surface area contributed by atoms with E-state index in [1.165, 1.54) is 6.07 Å². The molecule has 1 aliphatic heterocycles. The van der Waals surface area contributed by atoms with Crippen LogP contribution in [-0.4, -0.2) is 37.8 Å². The van der Waals surface area contributed by atoms with E-state index in [9.17, 15) is 5.11 Å². The molecule has 0 aliphatic carbocycles. The van der Waals surface area contributed by atoms with E-state index in [1.807, 2.05) is 10.6 Å². The Kier molecular flexibility index (Phi) is 3.11. The monoisotopic (exact) mass is 315 g/mol. The van der Waals surface area contributed by atoms with E-state index in [1.54, 1.807) is 18.3 Å². The van der Waals surface area contributed by atoms with Crippen LogP contribution in [0.4, 0.5) is 5.82 Å². The van der Waals surface area contributed by atoms with Crippen LogP contribution in [0.2, 0.25) is 5.02 Å². The molecular weight excluding hydrogens is 302 g/mol. The summed E-state index contributed by atoms with van der Waals surface area (Å²) in [4.78, 5) is 6.60. The van der Waals surface area contributed by atoms with Gasteiger partial charge < -0.3 is 10.0 Å². The van der Waals surface area contributed by atoms with Gasteiger partial charge in [0.05, 0.1) is 5.56 Å². The zero-order chi connectivity index (χ0) is 15.1. The van der Waals surface area contributed by atoms with E-state index in [-0.39, 0.29) is 5.75 Å². The van der Waals surface area contributed by atoms with Gasteiger partial charge in [0.2, 0.25) is 0 Å². The van der Waals surface area contributed by atoms with E-state index < -0.39 is 0 Å². The van der Waals surface area contributed by atoms with Gasteiger partial charge in [-0.2, -0.15) is 0 Å². The number of phenolic OH excluding ortho intramolecular Hbond substituents is 1. The van der Waals surface area contributed by atoms with Gasteiger partial charge in [-0.1, -0.05) is 11.6 Å². The molecule has 0 spiro atoms. The van der Waals surface area contributed by atoms with E-state index in [2.05, 4.69) is 20.1 Å².